The Labute approximate surface area is 409 Å². The van der Waals surface area contributed by atoms with Crippen molar-refractivity contribution in [2.75, 3.05) is 25.1 Å². The minimum Gasteiger partial charge on any atom is -0.481 e. The van der Waals surface area contributed by atoms with E-state index in [1.54, 1.807) is 60.7 Å². The number of carboxylic acid groups (broad SMARTS) is 2. The fourth-order valence-corrected chi connectivity index (χ4v) is 19.8. The molecule has 2 aromatic rings. The van der Waals surface area contributed by atoms with E-state index >= 15 is 0 Å². The first-order valence-corrected chi connectivity index (χ1v) is 29.5. The van der Waals surface area contributed by atoms with E-state index in [4.69, 9.17) is 18.3 Å². The van der Waals surface area contributed by atoms with Crippen molar-refractivity contribution in [2.24, 2.45) is 0 Å². The third-order valence-corrected chi connectivity index (χ3v) is 23.9. The SMILES string of the molecule is CC(C)[Si](OCc1ccc(C(CN(C)C(=O)OC(C)(C)C)C(=O)O)cc1)(C(C)C)C(C)C.CC(C)[Si](OCc1ccc(C(CNC(=O)OC(C)(C)C)C(=O)O)cc1)(C(C)C)C(C)C.CI. The van der Waals surface area contributed by atoms with Crippen LogP contribution in [0.4, 0.5) is 9.59 Å². The number of hydrogen-bond acceptors (Lipinski definition) is 8. The van der Waals surface area contributed by atoms with Crippen LogP contribution in [-0.2, 0) is 41.1 Å². The van der Waals surface area contributed by atoms with Gasteiger partial charge in [0, 0.05) is 20.1 Å². The molecular formula is C50H87IN2O10Si2. The van der Waals surface area contributed by atoms with Gasteiger partial charge in [0.05, 0.1) is 25.0 Å². The number of benzene rings is 2. The van der Waals surface area contributed by atoms with E-state index in [9.17, 15) is 29.4 Å². The van der Waals surface area contributed by atoms with Gasteiger partial charge in [-0.2, -0.15) is 0 Å². The van der Waals surface area contributed by atoms with Crippen molar-refractivity contribution in [3.05, 3.63) is 70.8 Å². The van der Waals surface area contributed by atoms with Gasteiger partial charge < -0.3 is 38.8 Å². The number of nitrogens with one attached hydrogen (secondary N) is 1. The van der Waals surface area contributed by atoms with Crippen LogP contribution in [-0.4, -0.2) is 92.1 Å². The van der Waals surface area contributed by atoms with Crippen LogP contribution in [0, 0.1) is 0 Å². The smallest absolute Gasteiger partial charge is 0.410 e. The summed E-state index contributed by atoms with van der Waals surface area (Å²) in [6.45, 7) is 38.7. The lowest BCUT2D eigenvalue weighted by molar-refractivity contribution is -0.140. The third-order valence-electron chi connectivity index (χ3n) is 11.8. The number of likely N-dealkylation sites (N-methyl/N-ethyl adjacent to an activating group) is 1. The zero-order chi connectivity index (χ0) is 50.8. The van der Waals surface area contributed by atoms with Crippen molar-refractivity contribution < 1.29 is 47.7 Å². The van der Waals surface area contributed by atoms with Gasteiger partial charge >= 0.3 is 24.1 Å². The highest BCUT2D eigenvalue weighted by Crippen LogP contribution is 2.44. The van der Waals surface area contributed by atoms with Crippen LogP contribution < -0.4 is 5.32 Å². The van der Waals surface area contributed by atoms with Crippen LogP contribution in [0.1, 0.15) is 159 Å². The Morgan fingerprint density at radius 1 is 0.569 bits per heavy atom. The number of halogens is 1. The van der Waals surface area contributed by atoms with Gasteiger partial charge in [0.15, 0.2) is 0 Å². The van der Waals surface area contributed by atoms with Crippen molar-refractivity contribution in [2.45, 2.75) is 194 Å². The minimum absolute atomic E-state index is 0.0319. The Balaban J connectivity index is 0.00000121. The summed E-state index contributed by atoms with van der Waals surface area (Å²) in [5.41, 5.74) is 5.07. The Hall–Kier alpha value is -3.00. The first-order chi connectivity index (χ1) is 29.8. The number of nitrogens with zero attached hydrogens (tertiary/aromatic N) is 1. The lowest BCUT2D eigenvalue weighted by atomic mass is 9.97. The van der Waals surface area contributed by atoms with Crippen molar-refractivity contribution >= 4 is 63.4 Å². The number of aliphatic carboxylic acids is 2. The Morgan fingerprint density at radius 3 is 1.15 bits per heavy atom. The van der Waals surface area contributed by atoms with Gasteiger partial charge in [-0.1, -0.05) is 154 Å². The van der Waals surface area contributed by atoms with Gasteiger partial charge in [-0.05, 0) is 102 Å². The molecule has 0 radical (unpaired) electrons. The molecule has 0 saturated heterocycles. The summed E-state index contributed by atoms with van der Waals surface area (Å²) in [5.74, 6) is -3.66. The Morgan fingerprint density at radius 2 is 0.877 bits per heavy atom. The molecule has 3 N–H and O–H groups in total. The van der Waals surface area contributed by atoms with E-state index in [0.29, 0.717) is 57.6 Å². The molecule has 0 aromatic heterocycles. The second-order valence-corrected chi connectivity index (χ2v) is 31.6. The highest BCUT2D eigenvalue weighted by atomic mass is 127. The number of carbonyl (C=O) groups is 4. The van der Waals surface area contributed by atoms with Gasteiger partial charge in [-0.15, -0.1) is 0 Å². The Kier molecular flexibility index (Phi) is 26.4. The molecule has 2 rings (SSSR count). The molecule has 372 valence electrons. The van der Waals surface area contributed by atoms with E-state index in [-0.39, 0.29) is 13.1 Å². The normalized spacial score (nSPS) is 13.2. The number of amides is 2. The number of carboxylic acids is 2. The van der Waals surface area contributed by atoms with Gasteiger partial charge in [-0.25, -0.2) is 9.59 Å². The van der Waals surface area contributed by atoms with Crippen molar-refractivity contribution in [1.29, 1.82) is 0 Å². The molecule has 0 aliphatic heterocycles. The van der Waals surface area contributed by atoms with E-state index in [2.05, 4.69) is 111 Å². The zero-order valence-electron chi connectivity index (χ0n) is 43.6. The fraction of sp³-hybridized carbons (Fsp3) is 0.680. The van der Waals surface area contributed by atoms with E-state index in [0.717, 1.165) is 11.1 Å². The molecule has 0 spiro atoms. The number of alkyl halides is 1. The second kappa shape index (κ2) is 27.7. The fourth-order valence-electron chi connectivity index (χ4n) is 8.97. The quantitative estimate of drug-likeness (QED) is 0.0661. The first-order valence-electron chi connectivity index (χ1n) is 23.0. The maximum Gasteiger partial charge on any atom is 0.410 e. The molecule has 0 bridgehead atoms. The van der Waals surface area contributed by atoms with Crippen LogP contribution in [0.2, 0.25) is 33.2 Å². The van der Waals surface area contributed by atoms with Gasteiger partial charge in [0.2, 0.25) is 16.6 Å². The molecule has 0 aliphatic carbocycles. The van der Waals surface area contributed by atoms with E-state index < -0.39 is 63.8 Å². The summed E-state index contributed by atoms with van der Waals surface area (Å²) in [6, 6.07) is 14.9. The highest BCUT2D eigenvalue weighted by Gasteiger charge is 2.46. The second-order valence-electron chi connectivity index (χ2n) is 20.7. The van der Waals surface area contributed by atoms with Crippen molar-refractivity contribution in [1.82, 2.24) is 10.2 Å². The van der Waals surface area contributed by atoms with Gasteiger partial charge in [-0.3, -0.25) is 9.59 Å². The lowest BCUT2D eigenvalue weighted by Gasteiger charge is -2.42. The van der Waals surface area contributed by atoms with Gasteiger partial charge in [0.25, 0.3) is 0 Å². The first kappa shape index (κ1) is 62.0. The van der Waals surface area contributed by atoms with Crippen LogP contribution in [0.25, 0.3) is 0 Å². The molecule has 15 heteroatoms. The van der Waals surface area contributed by atoms with E-state index in [1.165, 1.54) is 4.90 Å². The summed E-state index contributed by atoms with van der Waals surface area (Å²) < 4.78 is 23.8. The number of rotatable bonds is 20. The maximum absolute atomic E-state index is 12.2. The molecule has 2 unspecified atom stereocenters. The molecule has 2 amide bonds. The van der Waals surface area contributed by atoms with Crippen molar-refractivity contribution in [3.63, 3.8) is 0 Å². The molecule has 2 aromatic carbocycles. The molecule has 12 nitrogen and oxygen atoms in total. The molecule has 0 fully saturated rings. The summed E-state index contributed by atoms with van der Waals surface area (Å²) in [5, 5.41) is 21.9. The topological polar surface area (TPSA) is 161 Å². The monoisotopic (exact) mass is 1060 g/mol. The average molecular weight is 1060 g/mol. The molecule has 2 atom stereocenters. The Bertz CT molecular complexity index is 1690. The molecule has 0 saturated carbocycles. The number of ether oxygens (including phenoxy) is 2. The number of hydrogen-bond donors (Lipinski definition) is 3. The third kappa shape index (κ3) is 19.6. The lowest BCUT2D eigenvalue weighted by Crippen LogP contribution is -2.47. The molecule has 0 aliphatic rings. The van der Waals surface area contributed by atoms with Crippen LogP contribution in [0.15, 0.2) is 48.5 Å². The summed E-state index contributed by atoms with van der Waals surface area (Å²) in [4.78, 5) is 51.1. The minimum atomic E-state index is -1.97. The van der Waals surface area contributed by atoms with Gasteiger partial charge in [0.1, 0.15) is 11.2 Å². The number of carbonyl (C=O) groups excluding carboxylic acids is 2. The summed E-state index contributed by atoms with van der Waals surface area (Å²) in [7, 11) is -2.38. The van der Waals surface area contributed by atoms with E-state index in [1.807, 2.05) is 41.3 Å². The van der Waals surface area contributed by atoms with Crippen LogP contribution in [0.3, 0.4) is 0 Å². The standard InChI is InChI=1S/C25H43NO5Si.C24H41NO5Si.CH3I/c1-17(2)32(18(3)4,19(5)6)30-16-20-11-13-21(14-12-20)22(23(27)28)15-26(10)24(29)31-25(7,8)9;1-16(2)31(17(3)4,18(5)6)29-15-19-10-12-20(13-11-19)21(22(26)27)14-25-23(28)30-24(7,8)9;1-2/h11-14,17-19,22H,15-16H2,1-10H3,(H,27,28);10-13,16-18,21H,14-15H2,1-9H3,(H,25,28)(H,26,27);1H3. The molecular weight excluding hydrogens is 972 g/mol. The van der Waals surface area contributed by atoms with Crippen LogP contribution in [0.5, 0.6) is 0 Å². The molecule has 0 heterocycles. The largest absolute Gasteiger partial charge is 0.481 e. The molecule has 65 heavy (non-hydrogen) atoms. The van der Waals surface area contributed by atoms with Crippen LogP contribution >= 0.6 is 22.6 Å². The summed E-state index contributed by atoms with van der Waals surface area (Å²) in [6.07, 6.45) is -1.16. The predicted molar refractivity (Wildman–Crippen MR) is 278 cm³/mol. The zero-order valence-corrected chi connectivity index (χ0v) is 47.7. The predicted octanol–water partition coefficient (Wildman–Crippen LogP) is 13.5. The number of alkyl carbamates (subject to hydrolysis) is 1. The highest BCUT2D eigenvalue weighted by molar-refractivity contribution is 14.1. The summed E-state index contributed by atoms with van der Waals surface area (Å²) >= 11 is 2.15. The van der Waals surface area contributed by atoms with Crippen molar-refractivity contribution in [3.8, 4) is 0 Å². The average Bonchev–Trinajstić information content (AvgIpc) is 3.17. The maximum atomic E-state index is 12.2.